The van der Waals surface area contributed by atoms with Gasteiger partial charge >= 0.3 is 0 Å². The van der Waals surface area contributed by atoms with Crippen LogP contribution in [0, 0.1) is 0 Å². The summed E-state index contributed by atoms with van der Waals surface area (Å²) in [4.78, 5) is 29.5. The predicted molar refractivity (Wildman–Crippen MR) is 164 cm³/mol. The minimum absolute atomic E-state index is 0.119. The molecule has 0 radical (unpaired) electrons. The number of hydrogen-bond donors (Lipinski definition) is 1. The Morgan fingerprint density at radius 1 is 0.829 bits per heavy atom. The molecule has 0 saturated heterocycles. The molecule has 1 atom stereocenters. The van der Waals surface area contributed by atoms with Crippen LogP contribution in [0.1, 0.15) is 56.1 Å². The average Bonchev–Trinajstić information content (AvgIpc) is 2.98. The third kappa shape index (κ3) is 9.18. The summed E-state index contributed by atoms with van der Waals surface area (Å²) in [6.07, 6.45) is 7.31. The molecule has 1 fully saturated rings. The quantitative estimate of drug-likeness (QED) is 0.299. The first-order valence-corrected chi connectivity index (χ1v) is 16.4. The second-order valence-corrected chi connectivity index (χ2v) is 12.7. The second kappa shape index (κ2) is 14.8. The predicted octanol–water partition coefficient (Wildman–Crippen LogP) is 5.32. The number of para-hydroxylation sites is 1. The van der Waals surface area contributed by atoms with Gasteiger partial charge in [-0.25, -0.2) is 8.42 Å². The second-order valence-electron chi connectivity index (χ2n) is 10.8. The summed E-state index contributed by atoms with van der Waals surface area (Å²) in [5.41, 5.74) is 2.48. The first-order valence-electron chi connectivity index (χ1n) is 14.5. The summed E-state index contributed by atoms with van der Waals surface area (Å²) in [7, 11) is -3.53. The monoisotopic (exact) mass is 575 g/mol. The van der Waals surface area contributed by atoms with Crippen molar-refractivity contribution in [2.24, 2.45) is 0 Å². The van der Waals surface area contributed by atoms with Crippen LogP contribution >= 0.6 is 0 Å². The molecule has 1 N–H and O–H groups in total. The Bertz CT molecular complexity index is 1340. The molecule has 3 aromatic rings. The van der Waals surface area contributed by atoms with E-state index in [-0.39, 0.29) is 30.8 Å². The zero-order chi connectivity index (χ0) is 29.1. The largest absolute Gasteiger partial charge is 0.352 e. The van der Waals surface area contributed by atoms with Crippen LogP contribution in [0.15, 0.2) is 91.0 Å². The number of hydrogen-bond acceptors (Lipinski definition) is 4. The van der Waals surface area contributed by atoms with E-state index in [0.29, 0.717) is 25.1 Å². The van der Waals surface area contributed by atoms with Crippen LogP contribution in [0.3, 0.4) is 0 Å². The lowest BCUT2D eigenvalue weighted by Gasteiger charge is -2.34. The number of carbonyl (C=O) groups is 2. The molecule has 1 saturated carbocycles. The van der Waals surface area contributed by atoms with Crippen LogP contribution in [-0.2, 0) is 32.6 Å². The van der Waals surface area contributed by atoms with E-state index in [1.807, 2.05) is 66.7 Å². The molecule has 41 heavy (non-hydrogen) atoms. The molecule has 0 aliphatic heterocycles. The number of sulfonamides is 1. The molecule has 4 rings (SSSR count). The first-order chi connectivity index (χ1) is 19.8. The number of nitrogens with zero attached hydrogens (tertiary/aromatic N) is 2. The third-order valence-electron chi connectivity index (χ3n) is 7.61. The lowest BCUT2D eigenvalue weighted by molar-refractivity contribution is -0.141. The summed E-state index contributed by atoms with van der Waals surface area (Å²) >= 11 is 0. The van der Waals surface area contributed by atoms with Gasteiger partial charge in [0.1, 0.15) is 6.04 Å². The number of benzene rings is 3. The first kappa shape index (κ1) is 30.3. The fourth-order valence-corrected chi connectivity index (χ4v) is 6.44. The van der Waals surface area contributed by atoms with Gasteiger partial charge in [0.2, 0.25) is 21.8 Å². The number of rotatable bonds is 13. The van der Waals surface area contributed by atoms with Gasteiger partial charge in [0.05, 0.1) is 11.9 Å². The standard InChI is InChI=1S/C33H41N3O4S/c1-41(39,40)36(30-21-12-5-13-22-30)24-14-23-32(37)35(26-28-17-8-3-9-18-28)31(25-27-15-6-2-7-16-27)33(38)34-29-19-10-4-11-20-29/h2-3,5-9,12-13,15-18,21-22,29,31H,4,10-11,14,19-20,23-26H2,1H3,(H,34,38). The van der Waals surface area contributed by atoms with Gasteiger partial charge in [-0.05, 0) is 42.5 Å². The maximum absolute atomic E-state index is 13.9. The minimum Gasteiger partial charge on any atom is -0.352 e. The van der Waals surface area contributed by atoms with Crippen molar-refractivity contribution in [3.8, 4) is 0 Å². The van der Waals surface area contributed by atoms with E-state index in [0.717, 1.165) is 36.8 Å². The van der Waals surface area contributed by atoms with E-state index in [4.69, 9.17) is 0 Å². The molecule has 1 aliphatic rings. The summed E-state index contributed by atoms with van der Waals surface area (Å²) in [6.45, 7) is 0.467. The van der Waals surface area contributed by atoms with Crippen molar-refractivity contribution in [1.82, 2.24) is 10.2 Å². The molecule has 8 heteroatoms. The molecule has 3 aromatic carbocycles. The van der Waals surface area contributed by atoms with Crippen molar-refractivity contribution in [1.29, 1.82) is 0 Å². The van der Waals surface area contributed by atoms with E-state index in [2.05, 4.69) is 5.32 Å². The van der Waals surface area contributed by atoms with Crippen LogP contribution in [0.4, 0.5) is 5.69 Å². The van der Waals surface area contributed by atoms with Crippen LogP contribution in [0.5, 0.6) is 0 Å². The molecule has 218 valence electrons. The number of anilines is 1. The van der Waals surface area contributed by atoms with Crippen LogP contribution in [-0.4, -0.2) is 50.0 Å². The Morgan fingerprint density at radius 3 is 1.98 bits per heavy atom. The van der Waals surface area contributed by atoms with Crippen LogP contribution < -0.4 is 9.62 Å². The summed E-state index contributed by atoms with van der Waals surface area (Å²) < 4.78 is 26.4. The molecular weight excluding hydrogens is 534 g/mol. The Hall–Kier alpha value is -3.65. The van der Waals surface area contributed by atoms with Gasteiger partial charge < -0.3 is 10.2 Å². The fourth-order valence-electron chi connectivity index (χ4n) is 5.48. The Labute approximate surface area is 244 Å². The molecule has 2 amide bonds. The van der Waals surface area contributed by atoms with E-state index in [1.165, 1.54) is 17.0 Å². The molecule has 0 heterocycles. The third-order valence-corrected chi connectivity index (χ3v) is 8.81. The van der Waals surface area contributed by atoms with Crippen molar-refractivity contribution in [2.75, 3.05) is 17.1 Å². The fraction of sp³-hybridized carbons (Fsp3) is 0.394. The molecule has 0 spiro atoms. The van der Waals surface area contributed by atoms with E-state index in [9.17, 15) is 18.0 Å². The highest BCUT2D eigenvalue weighted by atomic mass is 32.2. The molecule has 1 unspecified atom stereocenters. The van der Waals surface area contributed by atoms with Gasteiger partial charge in [-0.1, -0.05) is 98.1 Å². The Balaban J connectivity index is 1.56. The number of amides is 2. The van der Waals surface area contributed by atoms with E-state index < -0.39 is 16.1 Å². The van der Waals surface area contributed by atoms with Crippen molar-refractivity contribution >= 4 is 27.5 Å². The van der Waals surface area contributed by atoms with Gasteiger partial charge in [-0.2, -0.15) is 0 Å². The van der Waals surface area contributed by atoms with Crippen LogP contribution in [0.25, 0.3) is 0 Å². The zero-order valence-corrected chi connectivity index (χ0v) is 24.6. The normalized spacial score (nSPS) is 14.7. The van der Waals surface area contributed by atoms with Crippen LogP contribution in [0.2, 0.25) is 0 Å². The van der Waals surface area contributed by atoms with Gasteiger partial charge in [0.15, 0.2) is 0 Å². The number of nitrogens with one attached hydrogen (secondary N) is 1. The minimum atomic E-state index is -3.53. The summed E-state index contributed by atoms with van der Waals surface area (Å²) in [6, 6.07) is 27.8. The van der Waals surface area contributed by atoms with Gasteiger partial charge in [-0.3, -0.25) is 13.9 Å². The average molecular weight is 576 g/mol. The summed E-state index contributed by atoms with van der Waals surface area (Å²) in [5.74, 6) is -0.304. The lowest BCUT2D eigenvalue weighted by Crippen LogP contribution is -2.52. The summed E-state index contributed by atoms with van der Waals surface area (Å²) in [5, 5.41) is 3.26. The smallest absolute Gasteiger partial charge is 0.243 e. The van der Waals surface area contributed by atoms with Crippen molar-refractivity contribution < 1.29 is 18.0 Å². The SMILES string of the molecule is CS(=O)(=O)N(CCCC(=O)N(Cc1ccccc1)C(Cc1ccccc1)C(=O)NC1CCCCC1)c1ccccc1. The van der Waals surface area contributed by atoms with Crippen molar-refractivity contribution in [2.45, 2.75) is 70.0 Å². The van der Waals surface area contributed by atoms with Gasteiger partial charge in [0, 0.05) is 32.0 Å². The Morgan fingerprint density at radius 2 is 1.39 bits per heavy atom. The van der Waals surface area contributed by atoms with Gasteiger partial charge in [-0.15, -0.1) is 0 Å². The lowest BCUT2D eigenvalue weighted by atomic mass is 9.94. The highest BCUT2D eigenvalue weighted by Crippen LogP contribution is 2.21. The molecule has 0 bridgehead atoms. The molecule has 1 aliphatic carbocycles. The highest BCUT2D eigenvalue weighted by molar-refractivity contribution is 7.92. The molecule has 7 nitrogen and oxygen atoms in total. The Kier molecular flexibility index (Phi) is 11.0. The molecule has 0 aromatic heterocycles. The van der Waals surface area contributed by atoms with E-state index >= 15 is 0 Å². The molecular formula is C33H41N3O4S. The maximum atomic E-state index is 13.9. The highest BCUT2D eigenvalue weighted by Gasteiger charge is 2.32. The van der Waals surface area contributed by atoms with Crippen molar-refractivity contribution in [3.63, 3.8) is 0 Å². The van der Waals surface area contributed by atoms with Gasteiger partial charge in [0.25, 0.3) is 0 Å². The van der Waals surface area contributed by atoms with E-state index in [1.54, 1.807) is 29.2 Å². The maximum Gasteiger partial charge on any atom is 0.243 e. The van der Waals surface area contributed by atoms with Crippen molar-refractivity contribution in [3.05, 3.63) is 102 Å². The number of carbonyl (C=O) groups excluding carboxylic acids is 2. The topological polar surface area (TPSA) is 86.8 Å². The zero-order valence-electron chi connectivity index (χ0n) is 23.8.